The molecule has 0 atom stereocenters. The molecule has 1 saturated carbocycles. The third-order valence-corrected chi connectivity index (χ3v) is 3.32. The van der Waals surface area contributed by atoms with Gasteiger partial charge in [0.25, 0.3) is 5.91 Å². The Bertz CT molecular complexity index is 380. The topological polar surface area (TPSA) is 68.3 Å². The van der Waals surface area contributed by atoms with Gasteiger partial charge in [-0.25, -0.2) is 0 Å². The molecule has 0 unspecified atom stereocenters. The van der Waals surface area contributed by atoms with Crippen molar-refractivity contribution in [3.8, 4) is 0 Å². The van der Waals surface area contributed by atoms with Gasteiger partial charge in [-0.2, -0.15) is 0 Å². The number of furan rings is 1. The van der Waals surface area contributed by atoms with E-state index >= 15 is 0 Å². The van der Waals surface area contributed by atoms with Crippen molar-refractivity contribution in [1.82, 2.24) is 5.32 Å². The average Bonchev–Trinajstić information content (AvgIpc) is 2.89. The van der Waals surface area contributed by atoms with Gasteiger partial charge in [-0.3, -0.25) is 4.79 Å². The summed E-state index contributed by atoms with van der Waals surface area (Å²) in [6, 6.07) is 1.79. The molecule has 1 amide bonds. The Morgan fingerprint density at radius 3 is 2.88 bits per heavy atom. The minimum Gasteiger partial charge on any atom is -0.459 e. The summed E-state index contributed by atoms with van der Waals surface area (Å²) in [7, 11) is 0. The van der Waals surface area contributed by atoms with Crippen LogP contribution in [0.1, 0.15) is 35.4 Å². The number of hydrogen-bond donors (Lipinski definition) is 2. The first-order chi connectivity index (χ1) is 7.67. The predicted molar refractivity (Wildman–Crippen MR) is 61.1 cm³/mol. The Hall–Kier alpha value is -1.29. The summed E-state index contributed by atoms with van der Waals surface area (Å²) in [4.78, 5) is 11.8. The number of amides is 1. The molecule has 1 aromatic heterocycles. The van der Waals surface area contributed by atoms with Crippen LogP contribution in [0.2, 0.25) is 0 Å². The number of nitrogens with two attached hydrogens (primary N) is 1. The molecule has 4 nitrogen and oxygen atoms in total. The molecule has 4 heteroatoms. The van der Waals surface area contributed by atoms with Gasteiger partial charge in [-0.1, -0.05) is 0 Å². The molecule has 0 saturated heterocycles. The van der Waals surface area contributed by atoms with Crippen LogP contribution in [0.4, 0.5) is 0 Å². The third kappa shape index (κ3) is 2.27. The number of carbonyl (C=O) groups is 1. The molecule has 88 valence electrons. The van der Waals surface area contributed by atoms with Crippen molar-refractivity contribution in [1.29, 1.82) is 0 Å². The standard InChI is InChI=1S/C12H18N2O2/c1-9-2-7-16-10(9)11(15)14-8-12(3-4-12)5-6-13/h2,7H,3-6,8,13H2,1H3,(H,14,15). The number of rotatable bonds is 5. The fraction of sp³-hybridized carbons (Fsp3) is 0.583. The Kier molecular flexibility index (Phi) is 3.01. The van der Waals surface area contributed by atoms with Gasteiger partial charge in [0.05, 0.1) is 6.26 Å². The molecule has 1 aromatic rings. The van der Waals surface area contributed by atoms with Crippen molar-refractivity contribution in [3.05, 3.63) is 23.7 Å². The highest BCUT2D eigenvalue weighted by atomic mass is 16.3. The predicted octanol–water partition coefficient (Wildman–Crippen LogP) is 1.45. The summed E-state index contributed by atoms with van der Waals surface area (Å²) in [5.74, 6) is 0.300. The molecule has 0 aromatic carbocycles. The number of hydrogen-bond acceptors (Lipinski definition) is 3. The summed E-state index contributed by atoms with van der Waals surface area (Å²) >= 11 is 0. The van der Waals surface area contributed by atoms with E-state index in [-0.39, 0.29) is 11.3 Å². The number of nitrogens with one attached hydrogen (secondary N) is 1. The van der Waals surface area contributed by atoms with Crippen molar-refractivity contribution in [2.45, 2.75) is 26.2 Å². The highest BCUT2D eigenvalue weighted by Gasteiger charge is 2.41. The minimum absolute atomic E-state index is 0.120. The Balaban J connectivity index is 1.87. The molecular formula is C12H18N2O2. The summed E-state index contributed by atoms with van der Waals surface area (Å²) in [5, 5.41) is 2.93. The van der Waals surface area contributed by atoms with Crippen LogP contribution >= 0.6 is 0 Å². The van der Waals surface area contributed by atoms with E-state index < -0.39 is 0 Å². The van der Waals surface area contributed by atoms with Gasteiger partial charge < -0.3 is 15.5 Å². The van der Waals surface area contributed by atoms with Gasteiger partial charge in [-0.15, -0.1) is 0 Å². The van der Waals surface area contributed by atoms with Crippen LogP contribution in [-0.4, -0.2) is 19.0 Å². The van der Waals surface area contributed by atoms with Crippen LogP contribution in [0.25, 0.3) is 0 Å². The molecule has 2 rings (SSSR count). The van der Waals surface area contributed by atoms with E-state index in [4.69, 9.17) is 10.2 Å². The quantitative estimate of drug-likeness (QED) is 0.792. The lowest BCUT2D eigenvalue weighted by Crippen LogP contribution is -2.31. The smallest absolute Gasteiger partial charge is 0.287 e. The second kappa shape index (κ2) is 4.29. The summed E-state index contributed by atoms with van der Waals surface area (Å²) in [6.45, 7) is 3.27. The van der Waals surface area contributed by atoms with Crippen LogP contribution < -0.4 is 11.1 Å². The molecule has 0 bridgehead atoms. The molecule has 1 heterocycles. The van der Waals surface area contributed by atoms with E-state index in [2.05, 4.69) is 5.32 Å². The second-order valence-corrected chi connectivity index (χ2v) is 4.65. The van der Waals surface area contributed by atoms with Crippen LogP contribution in [0, 0.1) is 12.3 Å². The Morgan fingerprint density at radius 1 is 1.62 bits per heavy atom. The first kappa shape index (κ1) is 11.2. The molecule has 1 aliphatic carbocycles. The first-order valence-electron chi connectivity index (χ1n) is 5.69. The van der Waals surface area contributed by atoms with Gasteiger partial charge in [0.2, 0.25) is 0 Å². The lowest BCUT2D eigenvalue weighted by Gasteiger charge is -2.14. The van der Waals surface area contributed by atoms with Crippen LogP contribution in [0.3, 0.4) is 0 Å². The van der Waals surface area contributed by atoms with Crippen molar-refractivity contribution in [2.24, 2.45) is 11.1 Å². The van der Waals surface area contributed by atoms with Gasteiger partial charge in [0, 0.05) is 12.1 Å². The van der Waals surface area contributed by atoms with Crippen molar-refractivity contribution in [2.75, 3.05) is 13.1 Å². The largest absolute Gasteiger partial charge is 0.459 e. The van der Waals surface area contributed by atoms with E-state index in [9.17, 15) is 4.79 Å². The molecule has 3 N–H and O–H groups in total. The fourth-order valence-corrected chi connectivity index (χ4v) is 1.95. The van der Waals surface area contributed by atoms with E-state index in [1.165, 1.54) is 19.1 Å². The first-order valence-corrected chi connectivity index (χ1v) is 5.69. The van der Waals surface area contributed by atoms with E-state index in [1.54, 1.807) is 6.07 Å². The maximum Gasteiger partial charge on any atom is 0.287 e. The van der Waals surface area contributed by atoms with E-state index in [0.717, 1.165) is 12.0 Å². The average molecular weight is 222 g/mol. The number of aryl methyl sites for hydroxylation is 1. The molecule has 1 fully saturated rings. The fourth-order valence-electron chi connectivity index (χ4n) is 1.95. The molecule has 0 aliphatic heterocycles. The SMILES string of the molecule is Cc1ccoc1C(=O)NCC1(CCN)CC1. The van der Waals surface area contributed by atoms with Gasteiger partial charge >= 0.3 is 0 Å². The zero-order chi connectivity index (χ0) is 11.6. The zero-order valence-corrected chi connectivity index (χ0v) is 9.58. The van der Waals surface area contributed by atoms with Crippen LogP contribution in [0.15, 0.2) is 16.7 Å². The summed E-state index contributed by atoms with van der Waals surface area (Å²) in [6.07, 6.45) is 4.87. The molecule has 0 spiro atoms. The third-order valence-electron chi connectivity index (χ3n) is 3.32. The van der Waals surface area contributed by atoms with Crippen molar-refractivity contribution < 1.29 is 9.21 Å². The van der Waals surface area contributed by atoms with Crippen LogP contribution in [0.5, 0.6) is 0 Å². The molecule has 1 aliphatic rings. The van der Waals surface area contributed by atoms with Gasteiger partial charge in [-0.05, 0) is 44.2 Å². The van der Waals surface area contributed by atoms with Crippen molar-refractivity contribution in [3.63, 3.8) is 0 Å². The summed E-state index contributed by atoms with van der Waals surface area (Å²) < 4.78 is 5.13. The Morgan fingerprint density at radius 2 is 2.38 bits per heavy atom. The maximum absolute atomic E-state index is 11.8. The Labute approximate surface area is 95.2 Å². The highest BCUT2D eigenvalue weighted by molar-refractivity contribution is 5.92. The molecule has 16 heavy (non-hydrogen) atoms. The lowest BCUT2D eigenvalue weighted by molar-refractivity contribution is 0.0915. The van der Waals surface area contributed by atoms with Gasteiger partial charge in [0.1, 0.15) is 0 Å². The lowest BCUT2D eigenvalue weighted by atomic mass is 10.0. The normalized spacial score (nSPS) is 17.1. The van der Waals surface area contributed by atoms with Crippen molar-refractivity contribution >= 4 is 5.91 Å². The van der Waals surface area contributed by atoms with E-state index in [1.807, 2.05) is 6.92 Å². The number of carbonyl (C=O) groups excluding carboxylic acids is 1. The zero-order valence-electron chi connectivity index (χ0n) is 9.58. The molecular weight excluding hydrogens is 204 g/mol. The monoisotopic (exact) mass is 222 g/mol. The van der Waals surface area contributed by atoms with E-state index in [0.29, 0.717) is 18.8 Å². The highest BCUT2D eigenvalue weighted by Crippen LogP contribution is 2.47. The minimum atomic E-state index is -0.120. The van der Waals surface area contributed by atoms with Gasteiger partial charge in [0.15, 0.2) is 5.76 Å². The molecule has 0 radical (unpaired) electrons. The second-order valence-electron chi connectivity index (χ2n) is 4.65. The summed E-state index contributed by atoms with van der Waals surface area (Å²) in [5.41, 5.74) is 6.69. The maximum atomic E-state index is 11.8. The van der Waals surface area contributed by atoms with Crippen LogP contribution in [-0.2, 0) is 0 Å².